The topological polar surface area (TPSA) is 41.6 Å². The molecule has 0 saturated carbocycles. The van der Waals surface area contributed by atoms with E-state index in [0.717, 1.165) is 24.6 Å². The standard InChI is InChI=1S/C22H27ClN2O2/c1-16-11-13-25(14-12-16)19-9-7-18(8-10-19)17(2)24-22(26)15-27-21-6-4-3-5-20(21)23/h3-10,16-17H,11-15H2,1-2H3,(H,24,26)/t17-/m1/s1. The van der Waals surface area contributed by atoms with Gasteiger partial charge >= 0.3 is 0 Å². The Hall–Kier alpha value is -2.20. The Labute approximate surface area is 166 Å². The zero-order chi connectivity index (χ0) is 19.2. The largest absolute Gasteiger partial charge is 0.482 e. The van der Waals surface area contributed by atoms with Crippen LogP contribution in [0.3, 0.4) is 0 Å². The average Bonchev–Trinajstić information content (AvgIpc) is 2.68. The van der Waals surface area contributed by atoms with Crippen molar-refractivity contribution in [2.45, 2.75) is 32.7 Å². The molecule has 5 heteroatoms. The zero-order valence-electron chi connectivity index (χ0n) is 16.0. The van der Waals surface area contributed by atoms with E-state index in [1.165, 1.54) is 18.5 Å². The fraction of sp³-hybridized carbons (Fsp3) is 0.409. The number of carbonyl (C=O) groups excluding carboxylic acids is 1. The molecule has 1 atom stereocenters. The molecule has 0 aliphatic carbocycles. The van der Waals surface area contributed by atoms with Gasteiger partial charge in [0.15, 0.2) is 6.61 Å². The fourth-order valence-corrected chi connectivity index (χ4v) is 3.50. The minimum atomic E-state index is -0.170. The lowest BCUT2D eigenvalue weighted by atomic mass is 9.98. The Balaban J connectivity index is 1.50. The van der Waals surface area contributed by atoms with Crippen molar-refractivity contribution in [2.75, 3.05) is 24.6 Å². The molecule has 1 amide bonds. The summed E-state index contributed by atoms with van der Waals surface area (Å²) in [5, 5.41) is 3.47. The number of benzene rings is 2. The molecule has 0 radical (unpaired) electrons. The van der Waals surface area contributed by atoms with Crippen molar-refractivity contribution in [3.63, 3.8) is 0 Å². The predicted molar refractivity (Wildman–Crippen MR) is 111 cm³/mol. The normalized spacial score (nSPS) is 16.0. The van der Waals surface area contributed by atoms with E-state index in [9.17, 15) is 4.79 Å². The first-order valence-corrected chi connectivity index (χ1v) is 9.92. The Bertz CT molecular complexity index is 755. The molecule has 1 N–H and O–H groups in total. The number of hydrogen-bond donors (Lipinski definition) is 1. The first-order chi connectivity index (χ1) is 13.0. The Kier molecular flexibility index (Phi) is 6.62. The second-order valence-electron chi connectivity index (χ2n) is 7.27. The first kappa shape index (κ1) is 19.6. The molecule has 1 aliphatic rings. The minimum Gasteiger partial charge on any atom is -0.482 e. The number of rotatable bonds is 6. The van der Waals surface area contributed by atoms with E-state index in [1.54, 1.807) is 12.1 Å². The minimum absolute atomic E-state index is 0.0574. The Morgan fingerprint density at radius 2 is 1.85 bits per heavy atom. The van der Waals surface area contributed by atoms with Crippen molar-refractivity contribution in [1.82, 2.24) is 5.32 Å². The summed E-state index contributed by atoms with van der Waals surface area (Å²) in [7, 11) is 0. The second-order valence-corrected chi connectivity index (χ2v) is 7.68. The Morgan fingerprint density at radius 1 is 1.19 bits per heavy atom. The van der Waals surface area contributed by atoms with Crippen molar-refractivity contribution in [3.8, 4) is 5.75 Å². The predicted octanol–water partition coefficient (Wildman–Crippen LogP) is 4.83. The number of carbonyl (C=O) groups is 1. The van der Waals surface area contributed by atoms with E-state index in [4.69, 9.17) is 16.3 Å². The molecule has 2 aromatic rings. The number of hydrogen-bond acceptors (Lipinski definition) is 3. The third-order valence-corrected chi connectivity index (χ3v) is 5.43. The molecule has 0 spiro atoms. The van der Waals surface area contributed by atoms with Crippen LogP contribution < -0.4 is 15.0 Å². The maximum Gasteiger partial charge on any atom is 0.258 e. The molecular formula is C22H27ClN2O2. The summed E-state index contributed by atoms with van der Waals surface area (Å²) in [5.41, 5.74) is 2.33. The molecule has 0 aromatic heterocycles. The molecule has 4 nitrogen and oxygen atoms in total. The van der Waals surface area contributed by atoms with Gasteiger partial charge in [-0.15, -0.1) is 0 Å². The third-order valence-electron chi connectivity index (χ3n) is 5.11. The molecule has 27 heavy (non-hydrogen) atoms. The molecule has 2 aromatic carbocycles. The number of anilines is 1. The number of amides is 1. The van der Waals surface area contributed by atoms with Gasteiger partial charge in [0, 0.05) is 18.8 Å². The number of nitrogens with one attached hydrogen (secondary N) is 1. The summed E-state index contributed by atoms with van der Waals surface area (Å²) in [6.07, 6.45) is 2.50. The summed E-state index contributed by atoms with van der Waals surface area (Å²) in [4.78, 5) is 14.6. The highest BCUT2D eigenvalue weighted by Crippen LogP contribution is 2.25. The highest BCUT2D eigenvalue weighted by atomic mass is 35.5. The van der Waals surface area contributed by atoms with E-state index in [0.29, 0.717) is 10.8 Å². The van der Waals surface area contributed by atoms with Gasteiger partial charge in [0.2, 0.25) is 0 Å². The van der Waals surface area contributed by atoms with Crippen LogP contribution in [-0.4, -0.2) is 25.6 Å². The molecule has 1 saturated heterocycles. The van der Waals surface area contributed by atoms with Crippen LogP contribution in [0.2, 0.25) is 5.02 Å². The van der Waals surface area contributed by atoms with Crippen molar-refractivity contribution in [3.05, 3.63) is 59.1 Å². The van der Waals surface area contributed by atoms with Crippen molar-refractivity contribution >= 4 is 23.2 Å². The van der Waals surface area contributed by atoms with Gasteiger partial charge < -0.3 is 15.0 Å². The van der Waals surface area contributed by atoms with Crippen LogP contribution in [0.5, 0.6) is 5.75 Å². The molecule has 0 unspecified atom stereocenters. The van der Waals surface area contributed by atoms with E-state index in [2.05, 4.69) is 41.4 Å². The van der Waals surface area contributed by atoms with Gasteiger partial charge in [-0.3, -0.25) is 4.79 Å². The van der Waals surface area contributed by atoms with E-state index >= 15 is 0 Å². The molecule has 1 fully saturated rings. The monoisotopic (exact) mass is 386 g/mol. The van der Waals surface area contributed by atoms with Crippen molar-refractivity contribution < 1.29 is 9.53 Å². The molecule has 3 rings (SSSR count). The number of halogens is 1. The number of nitrogens with zero attached hydrogens (tertiary/aromatic N) is 1. The van der Waals surface area contributed by atoms with Gasteiger partial charge in [0.05, 0.1) is 11.1 Å². The van der Waals surface area contributed by atoms with Gasteiger partial charge in [0.25, 0.3) is 5.91 Å². The molecule has 1 aliphatic heterocycles. The summed E-state index contributed by atoms with van der Waals surface area (Å²) in [6, 6.07) is 15.5. The number of piperidine rings is 1. The lowest BCUT2D eigenvalue weighted by Crippen LogP contribution is -2.33. The quantitative estimate of drug-likeness (QED) is 0.772. The van der Waals surface area contributed by atoms with Crippen LogP contribution in [0.15, 0.2) is 48.5 Å². The van der Waals surface area contributed by atoms with Crippen LogP contribution in [-0.2, 0) is 4.79 Å². The summed E-state index contributed by atoms with van der Waals surface area (Å²) in [6.45, 7) is 6.47. The average molecular weight is 387 g/mol. The zero-order valence-corrected chi connectivity index (χ0v) is 16.7. The smallest absolute Gasteiger partial charge is 0.258 e. The highest BCUT2D eigenvalue weighted by molar-refractivity contribution is 6.32. The lowest BCUT2D eigenvalue weighted by Gasteiger charge is -2.32. The molecule has 1 heterocycles. The Morgan fingerprint density at radius 3 is 2.52 bits per heavy atom. The summed E-state index contributed by atoms with van der Waals surface area (Å²) < 4.78 is 5.49. The maximum absolute atomic E-state index is 12.2. The lowest BCUT2D eigenvalue weighted by molar-refractivity contribution is -0.123. The van der Waals surface area contributed by atoms with Crippen molar-refractivity contribution in [1.29, 1.82) is 0 Å². The van der Waals surface area contributed by atoms with Gasteiger partial charge in [-0.1, -0.05) is 42.8 Å². The first-order valence-electron chi connectivity index (χ1n) is 9.54. The third kappa shape index (κ3) is 5.39. The fourth-order valence-electron chi connectivity index (χ4n) is 3.31. The van der Waals surface area contributed by atoms with Gasteiger partial charge in [-0.05, 0) is 55.5 Å². The van der Waals surface area contributed by atoms with Gasteiger partial charge in [-0.25, -0.2) is 0 Å². The van der Waals surface area contributed by atoms with Crippen LogP contribution in [0.4, 0.5) is 5.69 Å². The highest BCUT2D eigenvalue weighted by Gasteiger charge is 2.16. The summed E-state index contributed by atoms with van der Waals surface area (Å²) in [5.74, 6) is 1.17. The van der Waals surface area contributed by atoms with Gasteiger partial charge in [-0.2, -0.15) is 0 Å². The van der Waals surface area contributed by atoms with Crippen LogP contribution in [0.1, 0.15) is 38.3 Å². The van der Waals surface area contributed by atoms with Crippen LogP contribution in [0.25, 0.3) is 0 Å². The van der Waals surface area contributed by atoms with E-state index < -0.39 is 0 Å². The SMILES string of the molecule is CC1CCN(c2ccc([C@@H](C)NC(=O)COc3ccccc3Cl)cc2)CC1. The van der Waals surface area contributed by atoms with Crippen LogP contribution in [0, 0.1) is 5.92 Å². The molecule has 144 valence electrons. The number of ether oxygens (including phenoxy) is 1. The molecular weight excluding hydrogens is 360 g/mol. The second kappa shape index (κ2) is 9.14. The van der Waals surface area contributed by atoms with Crippen molar-refractivity contribution in [2.24, 2.45) is 5.92 Å². The van der Waals surface area contributed by atoms with Gasteiger partial charge in [0.1, 0.15) is 5.75 Å². The maximum atomic E-state index is 12.2. The number of para-hydroxylation sites is 1. The van der Waals surface area contributed by atoms with E-state index in [-0.39, 0.29) is 18.6 Å². The van der Waals surface area contributed by atoms with E-state index in [1.807, 2.05) is 19.1 Å². The van der Waals surface area contributed by atoms with Crippen LogP contribution >= 0.6 is 11.6 Å². The molecule has 0 bridgehead atoms. The summed E-state index contributed by atoms with van der Waals surface area (Å²) >= 11 is 6.04.